The summed E-state index contributed by atoms with van der Waals surface area (Å²) in [6.07, 6.45) is 1.75. The van der Waals surface area contributed by atoms with Crippen molar-refractivity contribution < 1.29 is 0 Å². The fourth-order valence-corrected chi connectivity index (χ4v) is 2.27. The van der Waals surface area contributed by atoms with Crippen LogP contribution < -0.4 is 0 Å². The molecule has 84 valence electrons. The second-order valence-corrected chi connectivity index (χ2v) is 4.57. The number of aromatic nitrogens is 2. The van der Waals surface area contributed by atoms with Crippen LogP contribution in [0, 0.1) is 6.92 Å². The molecule has 5 heteroatoms. The molecule has 2 nitrogen and oxygen atoms in total. The average Bonchev–Trinajstić information content (AvgIpc) is 2.58. The van der Waals surface area contributed by atoms with E-state index in [0.717, 1.165) is 16.9 Å². The third kappa shape index (κ3) is 2.19. The highest BCUT2D eigenvalue weighted by molar-refractivity contribution is 6.34. The molecule has 0 unspecified atom stereocenters. The molecule has 2 rings (SSSR count). The van der Waals surface area contributed by atoms with Crippen LogP contribution in [0.1, 0.15) is 11.3 Å². The van der Waals surface area contributed by atoms with Gasteiger partial charge < -0.3 is 0 Å². The number of benzene rings is 1. The molecular formula is C11H9Cl3N2. The Balaban J connectivity index is 2.54. The van der Waals surface area contributed by atoms with Crippen LogP contribution in [-0.4, -0.2) is 9.78 Å². The lowest BCUT2D eigenvalue weighted by atomic mass is 10.2. The normalized spacial score (nSPS) is 10.8. The lowest BCUT2D eigenvalue weighted by molar-refractivity contribution is 0.845. The minimum atomic E-state index is 0.445. The van der Waals surface area contributed by atoms with Gasteiger partial charge >= 0.3 is 0 Å². The van der Waals surface area contributed by atoms with E-state index in [4.69, 9.17) is 34.8 Å². The molecule has 0 spiro atoms. The Bertz CT molecular complexity index is 500. The largest absolute Gasteiger partial charge is 0.238 e. The quantitative estimate of drug-likeness (QED) is 0.750. The summed E-state index contributed by atoms with van der Waals surface area (Å²) in [6.45, 7) is 1.96. The van der Waals surface area contributed by atoms with E-state index >= 15 is 0 Å². The third-order valence-electron chi connectivity index (χ3n) is 2.35. The molecule has 0 aliphatic heterocycles. The van der Waals surface area contributed by atoms with Crippen molar-refractivity contribution in [2.24, 2.45) is 0 Å². The van der Waals surface area contributed by atoms with Gasteiger partial charge in [-0.25, -0.2) is 4.68 Å². The molecule has 0 N–H and O–H groups in total. The summed E-state index contributed by atoms with van der Waals surface area (Å²) >= 11 is 17.7. The first-order valence-corrected chi connectivity index (χ1v) is 5.97. The minimum Gasteiger partial charge on any atom is -0.238 e. The summed E-state index contributed by atoms with van der Waals surface area (Å²) in [5.74, 6) is 0.445. The van der Waals surface area contributed by atoms with Crippen LogP contribution in [0.2, 0.25) is 10.0 Å². The van der Waals surface area contributed by atoms with E-state index in [-0.39, 0.29) is 0 Å². The van der Waals surface area contributed by atoms with Gasteiger partial charge in [0.15, 0.2) is 0 Å². The average molecular weight is 276 g/mol. The van der Waals surface area contributed by atoms with Gasteiger partial charge in [0, 0.05) is 21.3 Å². The molecule has 1 aromatic heterocycles. The van der Waals surface area contributed by atoms with E-state index in [0.29, 0.717) is 15.9 Å². The fraction of sp³-hybridized carbons (Fsp3) is 0.182. The van der Waals surface area contributed by atoms with Crippen molar-refractivity contribution in [1.29, 1.82) is 0 Å². The predicted octanol–water partition coefficient (Wildman–Crippen LogP) is 4.23. The van der Waals surface area contributed by atoms with Gasteiger partial charge in [0.05, 0.1) is 17.8 Å². The second kappa shape index (κ2) is 4.66. The molecule has 0 atom stereocenters. The molecule has 0 aliphatic carbocycles. The third-order valence-corrected chi connectivity index (χ3v) is 3.07. The highest BCUT2D eigenvalue weighted by Gasteiger charge is 2.08. The fourth-order valence-electron chi connectivity index (χ4n) is 1.50. The maximum Gasteiger partial charge on any atom is 0.0678 e. The minimum absolute atomic E-state index is 0.445. The Morgan fingerprint density at radius 3 is 2.31 bits per heavy atom. The van der Waals surface area contributed by atoms with Gasteiger partial charge in [-0.1, -0.05) is 23.2 Å². The van der Waals surface area contributed by atoms with Gasteiger partial charge in [-0.2, -0.15) is 5.10 Å². The van der Waals surface area contributed by atoms with Crippen molar-refractivity contribution in [2.75, 3.05) is 0 Å². The first-order valence-electron chi connectivity index (χ1n) is 4.67. The zero-order valence-corrected chi connectivity index (χ0v) is 10.8. The topological polar surface area (TPSA) is 17.8 Å². The molecule has 16 heavy (non-hydrogen) atoms. The molecule has 0 aliphatic rings. The summed E-state index contributed by atoms with van der Waals surface area (Å²) < 4.78 is 1.77. The van der Waals surface area contributed by atoms with Gasteiger partial charge in [0.25, 0.3) is 0 Å². The maximum absolute atomic E-state index is 5.94. The Morgan fingerprint density at radius 1 is 1.19 bits per heavy atom. The summed E-state index contributed by atoms with van der Waals surface area (Å²) in [6, 6.07) is 5.31. The molecule has 0 radical (unpaired) electrons. The zero-order valence-electron chi connectivity index (χ0n) is 8.54. The molecule has 1 aromatic carbocycles. The predicted molar refractivity (Wildman–Crippen MR) is 67.9 cm³/mol. The molecule has 1 heterocycles. The number of nitrogens with zero attached hydrogens (tertiary/aromatic N) is 2. The summed E-state index contributed by atoms with van der Waals surface area (Å²) in [5, 5.41) is 5.43. The first kappa shape index (κ1) is 11.8. The lowest BCUT2D eigenvalue weighted by Gasteiger charge is -2.06. The Hall–Kier alpha value is -0.700. The summed E-state index contributed by atoms with van der Waals surface area (Å²) in [7, 11) is 0. The van der Waals surface area contributed by atoms with E-state index in [1.807, 2.05) is 19.1 Å². The van der Waals surface area contributed by atoms with E-state index < -0.39 is 0 Å². The number of halogens is 3. The van der Waals surface area contributed by atoms with Crippen molar-refractivity contribution in [3.8, 4) is 5.69 Å². The van der Waals surface area contributed by atoms with Crippen molar-refractivity contribution in [1.82, 2.24) is 9.78 Å². The molecule has 0 amide bonds. The van der Waals surface area contributed by atoms with Crippen LogP contribution in [0.5, 0.6) is 0 Å². The van der Waals surface area contributed by atoms with Gasteiger partial charge in [0.1, 0.15) is 0 Å². The Morgan fingerprint density at radius 2 is 1.81 bits per heavy atom. The highest BCUT2D eigenvalue weighted by Crippen LogP contribution is 2.23. The zero-order chi connectivity index (χ0) is 11.7. The van der Waals surface area contributed by atoms with Crippen molar-refractivity contribution in [3.63, 3.8) is 0 Å². The van der Waals surface area contributed by atoms with Gasteiger partial charge in [-0.05, 0) is 25.1 Å². The number of hydrogen-bond donors (Lipinski definition) is 0. The van der Waals surface area contributed by atoms with Crippen LogP contribution in [0.3, 0.4) is 0 Å². The van der Waals surface area contributed by atoms with E-state index in [1.54, 1.807) is 16.9 Å². The monoisotopic (exact) mass is 274 g/mol. The first-order chi connectivity index (χ1) is 7.61. The maximum atomic E-state index is 5.94. The van der Waals surface area contributed by atoms with Crippen molar-refractivity contribution in [3.05, 3.63) is 45.7 Å². The van der Waals surface area contributed by atoms with E-state index in [1.165, 1.54) is 0 Å². The molecule has 0 saturated heterocycles. The SMILES string of the molecule is Cc1c(CCl)cnn1-c1cc(Cl)cc(Cl)c1. The number of rotatable bonds is 2. The number of alkyl halides is 1. The summed E-state index contributed by atoms with van der Waals surface area (Å²) in [4.78, 5) is 0. The lowest BCUT2D eigenvalue weighted by Crippen LogP contribution is -1.99. The highest BCUT2D eigenvalue weighted by atomic mass is 35.5. The van der Waals surface area contributed by atoms with Crippen LogP contribution in [0.25, 0.3) is 5.69 Å². The molecule has 2 aromatic rings. The smallest absolute Gasteiger partial charge is 0.0678 e. The Kier molecular flexibility index (Phi) is 3.43. The number of hydrogen-bond acceptors (Lipinski definition) is 1. The van der Waals surface area contributed by atoms with E-state index in [2.05, 4.69) is 5.10 Å². The van der Waals surface area contributed by atoms with Crippen LogP contribution in [-0.2, 0) is 5.88 Å². The second-order valence-electron chi connectivity index (χ2n) is 3.43. The molecule has 0 fully saturated rings. The molecular weight excluding hydrogens is 266 g/mol. The van der Waals surface area contributed by atoms with Crippen LogP contribution in [0.4, 0.5) is 0 Å². The van der Waals surface area contributed by atoms with E-state index in [9.17, 15) is 0 Å². The van der Waals surface area contributed by atoms with Crippen LogP contribution >= 0.6 is 34.8 Å². The molecule has 0 bridgehead atoms. The van der Waals surface area contributed by atoms with Crippen LogP contribution in [0.15, 0.2) is 24.4 Å². The van der Waals surface area contributed by atoms with Gasteiger partial charge in [-0.15, -0.1) is 11.6 Å². The van der Waals surface area contributed by atoms with Gasteiger partial charge in [0.2, 0.25) is 0 Å². The van der Waals surface area contributed by atoms with Crippen molar-refractivity contribution in [2.45, 2.75) is 12.8 Å². The Labute approximate surface area is 109 Å². The standard InChI is InChI=1S/C11H9Cl3N2/c1-7-8(5-12)6-15-16(7)11-3-9(13)2-10(14)4-11/h2-4,6H,5H2,1H3. The van der Waals surface area contributed by atoms with Gasteiger partial charge in [-0.3, -0.25) is 0 Å². The summed E-state index contributed by atoms with van der Waals surface area (Å²) in [5.41, 5.74) is 2.83. The van der Waals surface area contributed by atoms with Crippen molar-refractivity contribution >= 4 is 34.8 Å². The molecule has 0 saturated carbocycles.